The van der Waals surface area contributed by atoms with Gasteiger partial charge in [-0.1, -0.05) is 35.7 Å². The van der Waals surface area contributed by atoms with E-state index in [4.69, 9.17) is 14.7 Å². The van der Waals surface area contributed by atoms with Crippen molar-refractivity contribution in [2.45, 2.75) is 58.6 Å². The second-order valence-corrected chi connectivity index (χ2v) is 12.8. The Balaban J connectivity index is 1.29. The summed E-state index contributed by atoms with van der Waals surface area (Å²) in [6.45, 7) is 6.49. The van der Waals surface area contributed by atoms with Crippen LogP contribution in [0.5, 0.6) is 0 Å². The Kier molecular flexibility index (Phi) is 5.55. The number of aliphatic imine (C=N–C) groups is 1. The van der Waals surface area contributed by atoms with Gasteiger partial charge in [0.1, 0.15) is 11.8 Å². The first kappa shape index (κ1) is 25.6. The summed E-state index contributed by atoms with van der Waals surface area (Å²) in [5.41, 5.74) is 11.5. The molecule has 9 rings (SSSR count). The van der Waals surface area contributed by atoms with Crippen LogP contribution < -0.4 is 0 Å². The lowest BCUT2D eigenvalue weighted by Crippen LogP contribution is -2.26. The number of fused-ring (bicyclic) bond motifs is 7. The highest BCUT2D eigenvalue weighted by Gasteiger charge is 2.33. The topological polar surface area (TPSA) is 44.3 Å². The highest BCUT2D eigenvalue weighted by molar-refractivity contribution is 6.11. The number of hydrogen-bond acceptors (Lipinski definition) is 3. The first-order valence-corrected chi connectivity index (χ1v) is 15.8. The van der Waals surface area contributed by atoms with Crippen molar-refractivity contribution in [2.75, 3.05) is 0 Å². The number of nitrogens with zero attached hydrogens (tertiary/aromatic N) is 4. The van der Waals surface area contributed by atoms with Crippen LogP contribution >= 0.6 is 0 Å². The normalized spacial score (nSPS) is 18.3. The Morgan fingerprint density at radius 1 is 0.636 bits per heavy atom. The molecule has 4 heterocycles. The monoisotopic (exact) mass is 574 g/mol. The third-order valence-electron chi connectivity index (χ3n) is 9.63. The highest BCUT2D eigenvalue weighted by atomic mass is 16.5. The van der Waals surface area contributed by atoms with Crippen molar-refractivity contribution in [2.24, 2.45) is 4.99 Å². The smallest absolute Gasteiger partial charge is 0.216 e. The third kappa shape index (κ3) is 3.85. The van der Waals surface area contributed by atoms with Crippen LogP contribution in [0.15, 0.2) is 96.1 Å². The van der Waals surface area contributed by atoms with Gasteiger partial charge in [0.25, 0.3) is 0 Å². The zero-order valence-electron chi connectivity index (χ0n) is 25.3. The molecule has 0 spiro atoms. The average molecular weight is 575 g/mol. The van der Waals surface area contributed by atoms with E-state index < -0.39 is 0 Å². The molecule has 0 amide bonds. The quantitative estimate of drug-likeness (QED) is 0.211. The molecule has 5 nitrogen and oxygen atoms in total. The van der Waals surface area contributed by atoms with Gasteiger partial charge in [0.2, 0.25) is 5.90 Å². The molecule has 1 saturated carbocycles. The van der Waals surface area contributed by atoms with E-state index in [9.17, 15) is 0 Å². The second kappa shape index (κ2) is 9.55. The number of benzene rings is 4. The summed E-state index contributed by atoms with van der Waals surface area (Å²) in [6, 6.07) is 31.6. The molecule has 7 aromatic rings. The van der Waals surface area contributed by atoms with Gasteiger partial charge in [-0.2, -0.15) is 0 Å². The molecule has 216 valence electrons. The number of aromatic nitrogens is 3. The SMILES string of the molecule is Cc1cc(C2=N[C@H]3CCCC[C@@H]3O2)cc(-n2c3ccc(C)cc3c3ccc(-n4c5ccc(C)cc5c5cccnc54)cc32)c1. The maximum atomic E-state index is 6.46. The minimum atomic E-state index is 0.227. The number of pyridine rings is 1. The maximum Gasteiger partial charge on any atom is 0.216 e. The van der Waals surface area contributed by atoms with E-state index in [0.717, 1.165) is 46.8 Å². The van der Waals surface area contributed by atoms with Crippen LogP contribution in [0.1, 0.15) is 47.9 Å². The maximum absolute atomic E-state index is 6.46. The van der Waals surface area contributed by atoms with E-state index in [-0.39, 0.29) is 6.10 Å². The molecule has 1 aliphatic carbocycles. The first-order chi connectivity index (χ1) is 21.5. The number of aryl methyl sites for hydroxylation is 3. The van der Waals surface area contributed by atoms with Crippen LogP contribution in [-0.2, 0) is 4.74 Å². The van der Waals surface area contributed by atoms with Gasteiger partial charge in [-0.3, -0.25) is 4.57 Å². The summed E-state index contributed by atoms with van der Waals surface area (Å²) in [7, 11) is 0. The fourth-order valence-electron chi connectivity index (χ4n) is 7.61. The van der Waals surface area contributed by atoms with Gasteiger partial charge in [-0.05, 0) is 112 Å². The molecule has 3 aromatic heterocycles. The van der Waals surface area contributed by atoms with E-state index in [0.29, 0.717) is 6.04 Å². The summed E-state index contributed by atoms with van der Waals surface area (Å²) in [4.78, 5) is 9.93. The summed E-state index contributed by atoms with van der Waals surface area (Å²) >= 11 is 0. The molecular formula is C39H34N4O. The molecule has 5 heteroatoms. The number of ether oxygens (including phenoxy) is 1. The van der Waals surface area contributed by atoms with Crippen molar-refractivity contribution < 1.29 is 4.74 Å². The minimum absolute atomic E-state index is 0.227. The zero-order valence-corrected chi connectivity index (χ0v) is 25.3. The Bertz CT molecular complexity index is 2320. The molecule has 2 aliphatic rings. The fourth-order valence-corrected chi connectivity index (χ4v) is 7.61. The molecule has 1 aliphatic heterocycles. The fraction of sp³-hybridized carbons (Fsp3) is 0.231. The van der Waals surface area contributed by atoms with Crippen LogP contribution in [0.3, 0.4) is 0 Å². The Hall–Kier alpha value is -4.90. The van der Waals surface area contributed by atoms with Gasteiger partial charge in [-0.15, -0.1) is 0 Å². The second-order valence-electron chi connectivity index (χ2n) is 12.8. The van der Waals surface area contributed by atoms with Gasteiger partial charge in [0.05, 0.1) is 22.6 Å². The predicted molar refractivity (Wildman–Crippen MR) is 181 cm³/mol. The van der Waals surface area contributed by atoms with Crippen LogP contribution in [-0.4, -0.2) is 32.2 Å². The lowest BCUT2D eigenvalue weighted by molar-refractivity contribution is 0.153. The summed E-state index contributed by atoms with van der Waals surface area (Å²) < 4.78 is 11.2. The number of rotatable bonds is 3. The van der Waals surface area contributed by atoms with E-state index in [1.165, 1.54) is 62.1 Å². The molecule has 0 radical (unpaired) electrons. The van der Waals surface area contributed by atoms with Gasteiger partial charge in [-0.25, -0.2) is 9.98 Å². The molecule has 0 saturated heterocycles. The van der Waals surface area contributed by atoms with Crippen LogP contribution in [0.2, 0.25) is 0 Å². The van der Waals surface area contributed by atoms with Crippen molar-refractivity contribution in [3.8, 4) is 11.4 Å². The summed E-state index contributed by atoms with van der Waals surface area (Å²) in [5, 5.41) is 4.89. The molecule has 4 aromatic carbocycles. The van der Waals surface area contributed by atoms with Crippen LogP contribution in [0.25, 0.3) is 55.1 Å². The molecule has 2 atom stereocenters. The highest BCUT2D eigenvalue weighted by Crippen LogP contribution is 2.38. The molecule has 44 heavy (non-hydrogen) atoms. The zero-order chi connectivity index (χ0) is 29.5. The Labute approximate surface area is 256 Å². The molecule has 1 fully saturated rings. The largest absolute Gasteiger partial charge is 0.472 e. The molecule has 0 bridgehead atoms. The van der Waals surface area contributed by atoms with E-state index in [1.54, 1.807) is 0 Å². The lowest BCUT2D eigenvalue weighted by Gasteiger charge is -2.22. The molecular weight excluding hydrogens is 540 g/mol. The summed E-state index contributed by atoms with van der Waals surface area (Å²) in [6.07, 6.45) is 6.81. The molecule has 0 N–H and O–H groups in total. The molecule has 0 unspecified atom stereocenters. The van der Waals surface area contributed by atoms with E-state index >= 15 is 0 Å². The first-order valence-electron chi connectivity index (χ1n) is 15.8. The van der Waals surface area contributed by atoms with Gasteiger partial charge in [0, 0.05) is 44.7 Å². The third-order valence-corrected chi connectivity index (χ3v) is 9.63. The lowest BCUT2D eigenvalue weighted by atomic mass is 9.94. The Morgan fingerprint density at radius 2 is 1.41 bits per heavy atom. The van der Waals surface area contributed by atoms with Crippen molar-refractivity contribution in [3.63, 3.8) is 0 Å². The predicted octanol–water partition coefficient (Wildman–Crippen LogP) is 9.29. The van der Waals surface area contributed by atoms with Crippen molar-refractivity contribution in [1.82, 2.24) is 14.1 Å². The Morgan fingerprint density at radius 3 is 2.23 bits per heavy atom. The standard InChI is InChI=1S/C39H34N4O/c1-23-10-14-34-31(19-23)29-13-12-27(43-35-15-11-24(2)20-32(35)30-7-6-16-40-38(30)43)22-36(29)42(34)28-18-25(3)17-26(21-28)39-41-33-8-4-5-9-37(33)44-39/h6-7,10-22,33,37H,4-5,8-9H2,1-3H3/t33-,37-/m0/s1. The van der Waals surface area contributed by atoms with E-state index in [1.807, 2.05) is 12.3 Å². The minimum Gasteiger partial charge on any atom is -0.472 e. The van der Waals surface area contributed by atoms with Gasteiger partial charge >= 0.3 is 0 Å². The van der Waals surface area contributed by atoms with Crippen LogP contribution in [0, 0.1) is 20.8 Å². The van der Waals surface area contributed by atoms with Crippen molar-refractivity contribution >= 4 is 49.6 Å². The van der Waals surface area contributed by atoms with Gasteiger partial charge < -0.3 is 9.30 Å². The van der Waals surface area contributed by atoms with Crippen LogP contribution in [0.4, 0.5) is 0 Å². The average Bonchev–Trinajstić information content (AvgIpc) is 3.70. The summed E-state index contributed by atoms with van der Waals surface area (Å²) in [5.74, 6) is 0.802. The number of hydrogen-bond donors (Lipinski definition) is 0. The van der Waals surface area contributed by atoms with Gasteiger partial charge in [0.15, 0.2) is 0 Å². The van der Waals surface area contributed by atoms with Crippen molar-refractivity contribution in [3.05, 3.63) is 113 Å². The van der Waals surface area contributed by atoms with E-state index in [2.05, 4.69) is 109 Å². The van der Waals surface area contributed by atoms with Crippen molar-refractivity contribution in [1.29, 1.82) is 0 Å².